The molecule has 0 unspecified atom stereocenters. The van der Waals surface area contributed by atoms with E-state index in [1.54, 1.807) is 0 Å². The van der Waals surface area contributed by atoms with Gasteiger partial charge in [0.25, 0.3) is 15.8 Å². The predicted molar refractivity (Wildman–Crippen MR) is 57.6 cm³/mol. The van der Waals surface area contributed by atoms with Crippen LogP contribution in [0.2, 0.25) is 0 Å². The van der Waals surface area contributed by atoms with Crippen molar-refractivity contribution >= 4 is 21.8 Å². The largest absolute Gasteiger partial charge is 0.359 e. The van der Waals surface area contributed by atoms with Gasteiger partial charge in [-0.2, -0.15) is 8.42 Å². The fraction of sp³-hybridized carbons (Fsp3) is 0.125. The molecule has 0 radical (unpaired) electrons. The molecule has 1 aromatic rings. The Morgan fingerprint density at radius 2 is 1.89 bits per heavy atom. The number of non-ortho nitro benzene ring substituents is 1. The minimum absolute atomic E-state index is 0.00907. The quantitative estimate of drug-likeness (QED) is 0.595. The highest BCUT2D eigenvalue weighted by atomic mass is 32.2. The molecule has 0 aliphatic carbocycles. The third kappa shape index (κ3) is 4.45. The molecule has 0 atom stereocenters. The van der Waals surface area contributed by atoms with Gasteiger partial charge in [-0.25, -0.2) is 4.79 Å². The summed E-state index contributed by atoms with van der Waals surface area (Å²) in [6.07, 6.45) is 0.750. The van der Waals surface area contributed by atoms with Crippen LogP contribution in [0.15, 0.2) is 24.3 Å². The second kappa shape index (κ2) is 5.53. The van der Waals surface area contributed by atoms with Crippen molar-refractivity contribution < 1.29 is 27.3 Å². The zero-order valence-electron chi connectivity index (χ0n) is 9.02. The van der Waals surface area contributed by atoms with Crippen LogP contribution in [0.1, 0.15) is 10.4 Å². The minimum atomic E-state index is -3.80. The minimum Gasteiger partial charge on any atom is -0.339 e. The number of nitro groups is 1. The Labute approximate surface area is 101 Å². The van der Waals surface area contributed by atoms with Crippen LogP contribution >= 0.6 is 0 Å². The summed E-state index contributed by atoms with van der Waals surface area (Å²) in [7, 11) is -3.80. The third-order valence-electron chi connectivity index (χ3n) is 1.63. The van der Waals surface area contributed by atoms with Gasteiger partial charge in [-0.05, 0) is 17.8 Å². The van der Waals surface area contributed by atoms with Crippen molar-refractivity contribution in [3.8, 4) is 0 Å². The van der Waals surface area contributed by atoms with Gasteiger partial charge in [-0.15, -0.1) is 4.28 Å². The maximum absolute atomic E-state index is 11.3. The molecule has 1 rings (SSSR count). The fourth-order valence-electron chi connectivity index (χ4n) is 0.895. The highest BCUT2D eigenvalue weighted by Gasteiger charge is 2.11. The topological polar surface area (TPSA) is 125 Å². The monoisotopic (exact) mass is 276 g/mol. The first-order valence-electron chi connectivity index (χ1n) is 4.38. The molecule has 0 saturated heterocycles. The van der Waals surface area contributed by atoms with Gasteiger partial charge in [0.1, 0.15) is 0 Å². The Balaban J connectivity index is 2.59. The molecular weight excluding hydrogens is 268 g/mol. The molecule has 0 aliphatic rings. The molecule has 98 valence electrons. The second-order valence-electron chi connectivity index (χ2n) is 3.06. The summed E-state index contributed by atoms with van der Waals surface area (Å²) in [6, 6.07) is 4.52. The number of carbonyl (C=O) groups excluding carboxylic acids is 1. The molecule has 0 bridgehead atoms. The maximum atomic E-state index is 11.3. The van der Waals surface area contributed by atoms with Crippen molar-refractivity contribution in [1.82, 2.24) is 5.64 Å². The van der Waals surface area contributed by atoms with Gasteiger partial charge < -0.3 is 4.84 Å². The molecule has 1 N–H and O–H groups in total. The van der Waals surface area contributed by atoms with E-state index in [9.17, 15) is 23.3 Å². The number of benzene rings is 1. The number of hydrogen-bond acceptors (Lipinski definition) is 8. The summed E-state index contributed by atoms with van der Waals surface area (Å²) in [5, 5.41) is 10.4. The standard InChI is InChI=1S/C8H8N2O7S/c1-18(14,15)17-9-16-8(11)6-2-4-7(5-3-6)10(12)13/h2-5,9H,1H3. The first-order valence-corrected chi connectivity index (χ1v) is 6.20. The first kappa shape index (κ1) is 14.0. The lowest BCUT2D eigenvalue weighted by atomic mass is 10.2. The molecule has 0 amide bonds. The molecule has 18 heavy (non-hydrogen) atoms. The van der Waals surface area contributed by atoms with Crippen LogP contribution in [0, 0.1) is 10.1 Å². The highest BCUT2D eigenvalue weighted by Crippen LogP contribution is 2.12. The number of nitrogens with one attached hydrogen (secondary N) is 1. The Bertz CT molecular complexity index is 551. The first-order chi connectivity index (χ1) is 8.29. The van der Waals surface area contributed by atoms with Crippen LogP contribution in [0.5, 0.6) is 0 Å². The van der Waals surface area contributed by atoms with Crippen molar-refractivity contribution in [3.63, 3.8) is 0 Å². The molecule has 0 spiro atoms. The van der Waals surface area contributed by atoms with Crippen LogP contribution in [-0.4, -0.2) is 25.6 Å². The lowest BCUT2D eigenvalue weighted by Gasteiger charge is -2.03. The second-order valence-corrected chi connectivity index (χ2v) is 4.64. The molecule has 10 heteroatoms. The summed E-state index contributed by atoms with van der Waals surface area (Å²) in [5.74, 6) is -0.950. The van der Waals surface area contributed by atoms with Crippen LogP contribution in [0.25, 0.3) is 0 Å². The third-order valence-corrected chi connectivity index (χ3v) is 2.00. The van der Waals surface area contributed by atoms with Gasteiger partial charge in [-0.3, -0.25) is 10.1 Å². The summed E-state index contributed by atoms with van der Waals surface area (Å²) in [6.45, 7) is 0. The summed E-state index contributed by atoms with van der Waals surface area (Å²) in [4.78, 5) is 25.3. The molecular formula is C8H8N2O7S. The van der Waals surface area contributed by atoms with Crippen LogP contribution in [0.3, 0.4) is 0 Å². The van der Waals surface area contributed by atoms with Gasteiger partial charge in [0.15, 0.2) is 0 Å². The summed E-state index contributed by atoms with van der Waals surface area (Å²) in [5.41, 5.74) is 1.29. The Kier molecular flexibility index (Phi) is 4.31. The van der Waals surface area contributed by atoms with Gasteiger partial charge in [0.05, 0.1) is 16.7 Å². The molecule has 0 saturated carbocycles. The molecule has 0 heterocycles. The zero-order valence-corrected chi connectivity index (χ0v) is 9.84. The van der Waals surface area contributed by atoms with E-state index in [1.807, 2.05) is 0 Å². The lowest BCUT2D eigenvalue weighted by molar-refractivity contribution is -0.384. The number of carbonyl (C=O) groups is 1. The van der Waals surface area contributed by atoms with Gasteiger partial charge in [0, 0.05) is 12.1 Å². The van der Waals surface area contributed by atoms with Gasteiger partial charge >= 0.3 is 5.97 Å². The SMILES string of the molecule is CS(=O)(=O)ONOC(=O)c1ccc([N+](=O)[O-])cc1. The van der Waals surface area contributed by atoms with Crippen LogP contribution in [0.4, 0.5) is 5.69 Å². The van der Waals surface area contributed by atoms with E-state index < -0.39 is 21.0 Å². The van der Waals surface area contributed by atoms with Gasteiger partial charge in [-0.1, -0.05) is 0 Å². The van der Waals surface area contributed by atoms with E-state index in [0.29, 0.717) is 0 Å². The summed E-state index contributed by atoms with van der Waals surface area (Å²) >= 11 is 0. The van der Waals surface area contributed by atoms with E-state index in [0.717, 1.165) is 30.5 Å². The van der Waals surface area contributed by atoms with Crippen molar-refractivity contribution in [1.29, 1.82) is 0 Å². The fourth-order valence-corrected chi connectivity index (χ4v) is 1.05. The summed E-state index contributed by atoms with van der Waals surface area (Å²) < 4.78 is 25.0. The van der Waals surface area contributed by atoms with E-state index in [-0.39, 0.29) is 11.3 Å². The maximum Gasteiger partial charge on any atom is 0.359 e. The van der Waals surface area contributed by atoms with Crippen molar-refractivity contribution in [2.75, 3.05) is 6.26 Å². The number of hydrogen-bond donors (Lipinski definition) is 1. The van der Waals surface area contributed by atoms with Crippen LogP contribution < -0.4 is 5.64 Å². The lowest BCUT2D eigenvalue weighted by Crippen LogP contribution is -2.23. The average molecular weight is 276 g/mol. The van der Waals surface area contributed by atoms with Crippen molar-refractivity contribution in [2.24, 2.45) is 0 Å². The molecule has 9 nitrogen and oxygen atoms in total. The predicted octanol–water partition coefficient (Wildman–Crippen LogP) is 0.147. The number of nitro benzene ring substituents is 1. The van der Waals surface area contributed by atoms with Crippen molar-refractivity contribution in [2.45, 2.75) is 0 Å². The number of nitrogens with zero attached hydrogens (tertiary/aromatic N) is 1. The molecule has 0 aliphatic heterocycles. The van der Waals surface area contributed by atoms with E-state index >= 15 is 0 Å². The van der Waals surface area contributed by atoms with Crippen molar-refractivity contribution in [3.05, 3.63) is 39.9 Å². The average Bonchev–Trinajstić information content (AvgIpc) is 2.27. The normalized spacial score (nSPS) is 10.9. The van der Waals surface area contributed by atoms with E-state index in [2.05, 4.69) is 9.12 Å². The van der Waals surface area contributed by atoms with E-state index in [4.69, 9.17) is 0 Å². The zero-order chi connectivity index (χ0) is 13.8. The Morgan fingerprint density at radius 1 is 1.33 bits per heavy atom. The van der Waals surface area contributed by atoms with E-state index in [1.165, 1.54) is 5.64 Å². The molecule has 0 fully saturated rings. The number of rotatable bonds is 5. The Morgan fingerprint density at radius 3 is 2.33 bits per heavy atom. The molecule has 0 aromatic heterocycles. The Hall–Kier alpha value is -2.04. The molecule has 1 aromatic carbocycles. The smallest absolute Gasteiger partial charge is 0.339 e. The highest BCUT2D eigenvalue weighted by molar-refractivity contribution is 7.85. The van der Waals surface area contributed by atoms with Gasteiger partial charge in [0.2, 0.25) is 0 Å². The van der Waals surface area contributed by atoms with Crippen LogP contribution in [-0.2, 0) is 19.2 Å².